The number of benzene rings is 1. The molecule has 0 amide bonds. The average Bonchev–Trinajstić information content (AvgIpc) is 2.33. The first-order valence-corrected chi connectivity index (χ1v) is 6.64. The largest absolute Gasteiger partial charge is 0.358 e. The molecule has 0 heterocycles. The summed E-state index contributed by atoms with van der Waals surface area (Å²) in [7, 11) is -4.45. The number of halogens is 3. The molecule has 0 radical (unpaired) electrons. The van der Waals surface area contributed by atoms with Crippen LogP contribution in [0, 0.1) is 11.3 Å². The zero-order valence-electron chi connectivity index (χ0n) is 8.60. The zero-order chi connectivity index (χ0) is 13.8. The van der Waals surface area contributed by atoms with Crippen molar-refractivity contribution in [3.05, 3.63) is 33.8 Å². The van der Waals surface area contributed by atoms with Crippen LogP contribution in [0.4, 0.5) is 4.39 Å². The highest BCUT2D eigenvalue weighted by atomic mass is 35.5. The van der Waals surface area contributed by atoms with Crippen LogP contribution >= 0.6 is 23.2 Å². The second-order valence-corrected chi connectivity index (χ2v) is 5.19. The van der Waals surface area contributed by atoms with Gasteiger partial charge in [0.15, 0.2) is 5.71 Å². The SMILES string of the molecule is N#C/C(=N/OS(=O)(=O)CF)c1c(Cl)cccc1Cl. The Kier molecular flexibility index (Phi) is 4.90. The third kappa shape index (κ3) is 3.57. The fourth-order valence-electron chi connectivity index (χ4n) is 0.960. The molecule has 0 unspecified atom stereocenters. The number of nitriles is 1. The molecule has 0 fully saturated rings. The van der Waals surface area contributed by atoms with E-state index in [0.29, 0.717) is 0 Å². The van der Waals surface area contributed by atoms with E-state index >= 15 is 0 Å². The summed E-state index contributed by atoms with van der Waals surface area (Å²) in [6.07, 6.45) is 0. The summed E-state index contributed by atoms with van der Waals surface area (Å²) >= 11 is 11.6. The number of hydrogen-bond acceptors (Lipinski definition) is 5. The van der Waals surface area contributed by atoms with Crippen LogP contribution in [0.2, 0.25) is 10.0 Å². The Morgan fingerprint density at radius 3 is 2.44 bits per heavy atom. The van der Waals surface area contributed by atoms with Gasteiger partial charge in [-0.2, -0.15) is 13.7 Å². The average molecular weight is 311 g/mol. The summed E-state index contributed by atoms with van der Waals surface area (Å²) in [5, 5.41) is 12.0. The molecule has 0 aliphatic carbocycles. The van der Waals surface area contributed by atoms with Gasteiger partial charge in [0.05, 0.1) is 15.6 Å². The highest BCUT2D eigenvalue weighted by Crippen LogP contribution is 2.25. The standard InChI is InChI=1S/C9H5Cl2FN2O3S/c10-6-2-1-3-7(11)9(6)8(4-13)14-17-18(15,16)5-12/h1-3H,5H2/b14-8-. The monoisotopic (exact) mass is 310 g/mol. The molecule has 0 N–H and O–H groups in total. The van der Waals surface area contributed by atoms with Crippen molar-refractivity contribution in [2.75, 3.05) is 6.01 Å². The second kappa shape index (κ2) is 6.00. The first kappa shape index (κ1) is 14.7. The molecule has 0 bridgehead atoms. The number of nitrogens with zero attached hydrogens (tertiary/aromatic N) is 2. The van der Waals surface area contributed by atoms with E-state index in [0.717, 1.165) is 0 Å². The Bertz CT molecular complexity index is 605. The normalized spacial score (nSPS) is 12.0. The lowest BCUT2D eigenvalue weighted by atomic mass is 10.1. The van der Waals surface area contributed by atoms with Crippen molar-refractivity contribution in [3.63, 3.8) is 0 Å². The van der Waals surface area contributed by atoms with Crippen LogP contribution in [0.1, 0.15) is 5.56 Å². The minimum atomic E-state index is -4.45. The van der Waals surface area contributed by atoms with Crippen molar-refractivity contribution in [1.82, 2.24) is 0 Å². The molecule has 18 heavy (non-hydrogen) atoms. The van der Waals surface area contributed by atoms with E-state index in [1.54, 1.807) is 6.07 Å². The lowest BCUT2D eigenvalue weighted by molar-refractivity contribution is 0.327. The predicted molar refractivity (Wildman–Crippen MR) is 64.6 cm³/mol. The zero-order valence-corrected chi connectivity index (χ0v) is 10.9. The van der Waals surface area contributed by atoms with Gasteiger partial charge in [-0.15, -0.1) is 0 Å². The third-order valence-corrected chi connectivity index (χ3v) is 2.88. The molecule has 0 spiro atoms. The van der Waals surface area contributed by atoms with E-state index in [2.05, 4.69) is 9.44 Å². The van der Waals surface area contributed by atoms with Crippen LogP contribution in [-0.4, -0.2) is 20.1 Å². The molecule has 1 aromatic rings. The van der Waals surface area contributed by atoms with Gasteiger partial charge < -0.3 is 0 Å². The summed E-state index contributed by atoms with van der Waals surface area (Å²) in [6, 6.07) is 4.20. The van der Waals surface area contributed by atoms with Crippen LogP contribution in [0.15, 0.2) is 23.4 Å². The molecule has 9 heteroatoms. The van der Waals surface area contributed by atoms with Gasteiger partial charge >= 0.3 is 10.1 Å². The van der Waals surface area contributed by atoms with Crippen LogP contribution in [0.3, 0.4) is 0 Å². The Hall–Kier alpha value is -1.36. The van der Waals surface area contributed by atoms with Gasteiger partial charge in [0.1, 0.15) is 6.07 Å². The van der Waals surface area contributed by atoms with E-state index in [9.17, 15) is 12.8 Å². The molecule has 96 valence electrons. The number of oxime groups is 1. The van der Waals surface area contributed by atoms with Crippen molar-refractivity contribution in [3.8, 4) is 6.07 Å². The maximum absolute atomic E-state index is 12.0. The number of hydrogen-bond donors (Lipinski definition) is 0. The Morgan fingerprint density at radius 1 is 1.44 bits per heavy atom. The van der Waals surface area contributed by atoms with Crippen molar-refractivity contribution >= 4 is 39.0 Å². The van der Waals surface area contributed by atoms with Gasteiger partial charge in [-0.25, -0.2) is 4.39 Å². The Labute approximate surface area is 112 Å². The predicted octanol–water partition coefficient (Wildman–Crippen LogP) is 2.49. The van der Waals surface area contributed by atoms with Crippen LogP contribution in [0.5, 0.6) is 0 Å². The van der Waals surface area contributed by atoms with Crippen molar-refractivity contribution < 1.29 is 17.1 Å². The smallest absolute Gasteiger partial charge is 0.265 e. The Morgan fingerprint density at radius 2 is 2.00 bits per heavy atom. The van der Waals surface area contributed by atoms with E-state index in [1.165, 1.54) is 18.2 Å². The molecule has 0 aromatic heterocycles. The van der Waals surface area contributed by atoms with Gasteiger partial charge in [-0.1, -0.05) is 34.4 Å². The molecule has 0 saturated heterocycles. The second-order valence-electron chi connectivity index (χ2n) is 2.89. The summed E-state index contributed by atoms with van der Waals surface area (Å²) in [6.45, 7) is 0. The topological polar surface area (TPSA) is 79.5 Å². The van der Waals surface area contributed by atoms with Crippen molar-refractivity contribution in [2.24, 2.45) is 5.16 Å². The van der Waals surface area contributed by atoms with E-state index in [-0.39, 0.29) is 15.6 Å². The molecule has 0 atom stereocenters. The van der Waals surface area contributed by atoms with E-state index in [4.69, 9.17) is 28.5 Å². The Balaban J connectivity index is 3.20. The fraction of sp³-hybridized carbons (Fsp3) is 0.111. The molecule has 1 rings (SSSR count). The molecular weight excluding hydrogens is 306 g/mol. The molecule has 5 nitrogen and oxygen atoms in total. The summed E-state index contributed by atoms with van der Waals surface area (Å²) in [5.74, 6) is 0. The third-order valence-electron chi connectivity index (χ3n) is 1.68. The van der Waals surface area contributed by atoms with Crippen LogP contribution in [-0.2, 0) is 14.4 Å². The lowest BCUT2D eigenvalue weighted by Gasteiger charge is -2.03. The van der Waals surface area contributed by atoms with Crippen LogP contribution in [0.25, 0.3) is 0 Å². The van der Waals surface area contributed by atoms with E-state index < -0.39 is 21.8 Å². The molecule has 1 aromatic carbocycles. The van der Waals surface area contributed by atoms with Gasteiger partial charge in [-0.3, -0.25) is 4.28 Å². The number of rotatable bonds is 4. The van der Waals surface area contributed by atoms with Gasteiger partial charge in [0.25, 0.3) is 0 Å². The van der Waals surface area contributed by atoms with Crippen LogP contribution < -0.4 is 0 Å². The van der Waals surface area contributed by atoms with Gasteiger partial charge in [0.2, 0.25) is 6.01 Å². The van der Waals surface area contributed by atoms with Crippen molar-refractivity contribution in [2.45, 2.75) is 0 Å². The minimum absolute atomic E-state index is 0.0115. The summed E-state index contributed by atoms with van der Waals surface area (Å²) in [4.78, 5) is 0. The minimum Gasteiger partial charge on any atom is -0.265 e. The first-order valence-electron chi connectivity index (χ1n) is 4.31. The quantitative estimate of drug-likeness (QED) is 0.632. The fourth-order valence-corrected chi connectivity index (χ4v) is 1.76. The van der Waals surface area contributed by atoms with Gasteiger partial charge in [0, 0.05) is 0 Å². The van der Waals surface area contributed by atoms with E-state index in [1.807, 2.05) is 0 Å². The van der Waals surface area contributed by atoms with Gasteiger partial charge in [-0.05, 0) is 12.1 Å². The lowest BCUT2D eigenvalue weighted by Crippen LogP contribution is -2.07. The van der Waals surface area contributed by atoms with Crippen molar-refractivity contribution in [1.29, 1.82) is 5.26 Å². The molecular formula is C9H5Cl2FN2O3S. The summed E-state index contributed by atoms with van der Waals surface area (Å²) < 4.78 is 37.4. The molecule has 0 aliphatic heterocycles. The molecule has 0 saturated carbocycles. The maximum atomic E-state index is 12.0. The number of alkyl halides is 1. The maximum Gasteiger partial charge on any atom is 0.358 e. The summed E-state index contributed by atoms with van der Waals surface area (Å²) in [5.41, 5.74) is -0.458. The highest BCUT2D eigenvalue weighted by molar-refractivity contribution is 7.86. The molecule has 0 aliphatic rings. The highest BCUT2D eigenvalue weighted by Gasteiger charge is 2.16. The first-order chi connectivity index (χ1) is 8.41.